The summed E-state index contributed by atoms with van der Waals surface area (Å²) in [5, 5.41) is 18.4. The van der Waals surface area contributed by atoms with Gasteiger partial charge in [-0.05, 0) is 6.07 Å². The van der Waals surface area contributed by atoms with Crippen LogP contribution in [0.3, 0.4) is 0 Å². The Morgan fingerprint density at radius 3 is 2.71 bits per heavy atom. The minimum absolute atomic E-state index is 0.0592. The van der Waals surface area contributed by atoms with Gasteiger partial charge in [-0.1, -0.05) is 38.9 Å². The summed E-state index contributed by atoms with van der Waals surface area (Å²) < 4.78 is 1.30. The Bertz CT molecular complexity index is 460. The van der Waals surface area contributed by atoms with E-state index in [9.17, 15) is 9.90 Å². The molecule has 0 aliphatic carbocycles. The number of benzene rings is 1. The SMILES string of the molecule is O=C(O)C1=Ic2ccccc2C(O)=C1. The zero-order valence-electron chi connectivity index (χ0n) is 7.07. The van der Waals surface area contributed by atoms with Crippen LogP contribution in [-0.2, 0) is 4.79 Å². The van der Waals surface area contributed by atoms with Crippen LogP contribution >= 0.6 is 20.7 Å². The van der Waals surface area contributed by atoms with Gasteiger partial charge in [0.15, 0.2) is 0 Å². The lowest BCUT2D eigenvalue weighted by Crippen LogP contribution is -2.11. The molecule has 0 saturated carbocycles. The van der Waals surface area contributed by atoms with Gasteiger partial charge in [0.25, 0.3) is 0 Å². The molecular weight excluding hydrogens is 295 g/mol. The quantitative estimate of drug-likeness (QED) is 0.780. The molecule has 0 fully saturated rings. The molecule has 0 bridgehead atoms. The van der Waals surface area contributed by atoms with Crippen LogP contribution in [-0.4, -0.2) is 19.7 Å². The topological polar surface area (TPSA) is 57.5 Å². The molecule has 3 nitrogen and oxygen atoms in total. The average molecular weight is 302 g/mol. The fourth-order valence-corrected chi connectivity index (χ4v) is 3.63. The molecule has 0 radical (unpaired) electrons. The molecule has 4 heteroatoms. The molecule has 0 saturated heterocycles. The van der Waals surface area contributed by atoms with Crippen molar-refractivity contribution in [2.45, 2.75) is 0 Å². The number of aliphatic hydroxyl groups is 1. The van der Waals surface area contributed by atoms with Crippen LogP contribution in [0.2, 0.25) is 0 Å². The van der Waals surface area contributed by atoms with Gasteiger partial charge in [0, 0.05) is 15.2 Å². The molecule has 14 heavy (non-hydrogen) atoms. The van der Waals surface area contributed by atoms with Crippen molar-refractivity contribution in [3.05, 3.63) is 39.5 Å². The van der Waals surface area contributed by atoms with Crippen LogP contribution in [0.4, 0.5) is 0 Å². The summed E-state index contributed by atoms with van der Waals surface area (Å²) in [5.74, 6) is -0.872. The van der Waals surface area contributed by atoms with Crippen LogP contribution in [0.5, 0.6) is 0 Å². The first-order chi connectivity index (χ1) is 6.68. The summed E-state index contributed by atoms with van der Waals surface area (Å²) in [7, 11) is 0. The maximum atomic E-state index is 10.7. The van der Waals surface area contributed by atoms with Gasteiger partial charge in [-0.25, -0.2) is 4.79 Å². The second kappa shape index (κ2) is 3.53. The number of rotatable bonds is 1. The van der Waals surface area contributed by atoms with Crippen molar-refractivity contribution in [2.24, 2.45) is 0 Å². The third-order valence-corrected chi connectivity index (χ3v) is 4.70. The number of aliphatic hydroxyl groups excluding tert-OH is 1. The minimum Gasteiger partial charge on any atom is -0.507 e. The highest BCUT2D eigenvalue weighted by atomic mass is 127. The van der Waals surface area contributed by atoms with E-state index >= 15 is 0 Å². The number of hydrogen-bond donors (Lipinski definition) is 2. The third kappa shape index (κ3) is 1.57. The molecule has 1 aliphatic heterocycles. The molecule has 1 heterocycles. The number of fused-ring (bicyclic) bond motifs is 1. The second-order valence-electron chi connectivity index (χ2n) is 2.76. The van der Waals surface area contributed by atoms with E-state index < -0.39 is 26.7 Å². The molecule has 0 aromatic heterocycles. The molecule has 0 amide bonds. The first-order valence-electron chi connectivity index (χ1n) is 3.93. The Kier molecular flexibility index (Phi) is 2.37. The highest BCUT2D eigenvalue weighted by Crippen LogP contribution is 2.28. The maximum Gasteiger partial charge on any atom is 0.341 e. The molecule has 1 aliphatic rings. The lowest BCUT2D eigenvalue weighted by molar-refractivity contribution is -0.129. The van der Waals surface area contributed by atoms with Crippen LogP contribution in [0.25, 0.3) is 5.76 Å². The predicted molar refractivity (Wildman–Crippen MR) is 62.4 cm³/mol. The number of halogens is 1. The zero-order chi connectivity index (χ0) is 10.1. The predicted octanol–water partition coefficient (Wildman–Crippen LogP) is 2.00. The Morgan fingerprint density at radius 2 is 2.00 bits per heavy atom. The Labute approximate surface area is 90.4 Å². The third-order valence-electron chi connectivity index (χ3n) is 1.82. The summed E-state index contributed by atoms with van der Waals surface area (Å²) in [6.07, 6.45) is 1.36. The largest absolute Gasteiger partial charge is 0.507 e. The maximum absolute atomic E-state index is 10.7. The lowest BCUT2D eigenvalue weighted by atomic mass is 10.1. The standard InChI is InChI=1S/C10H7IO3/c12-9-5-8(10(13)14)11-7-4-2-1-3-6(7)9/h1-5,12H,(H,13,14). The average Bonchev–Trinajstić information content (AvgIpc) is 2.17. The van der Waals surface area contributed by atoms with Crippen molar-refractivity contribution in [1.29, 1.82) is 0 Å². The van der Waals surface area contributed by atoms with Crippen molar-refractivity contribution in [3.8, 4) is 0 Å². The van der Waals surface area contributed by atoms with Gasteiger partial charge >= 0.3 is 5.97 Å². The summed E-state index contributed by atoms with van der Waals surface area (Å²) in [6.45, 7) is 0. The smallest absolute Gasteiger partial charge is 0.341 e. The van der Waals surface area contributed by atoms with Crippen molar-refractivity contribution in [2.75, 3.05) is 0 Å². The van der Waals surface area contributed by atoms with E-state index in [1.165, 1.54) is 6.08 Å². The Morgan fingerprint density at radius 1 is 1.29 bits per heavy atom. The normalized spacial score (nSPS) is 14.6. The van der Waals surface area contributed by atoms with Gasteiger partial charge in [-0.2, -0.15) is 0 Å². The van der Waals surface area contributed by atoms with Gasteiger partial charge in [0.05, 0.1) is 3.51 Å². The molecule has 1 aromatic carbocycles. The van der Waals surface area contributed by atoms with E-state index in [0.29, 0.717) is 3.51 Å². The summed E-state index contributed by atoms with van der Waals surface area (Å²) in [4.78, 5) is 10.7. The van der Waals surface area contributed by atoms with Crippen LogP contribution in [0, 0.1) is 3.57 Å². The van der Waals surface area contributed by atoms with E-state index in [-0.39, 0.29) is 5.76 Å². The van der Waals surface area contributed by atoms with Crippen LogP contribution < -0.4 is 0 Å². The van der Waals surface area contributed by atoms with Crippen molar-refractivity contribution < 1.29 is 15.0 Å². The van der Waals surface area contributed by atoms with E-state index in [0.717, 1.165) is 9.13 Å². The summed E-state index contributed by atoms with van der Waals surface area (Å²) in [5.41, 5.74) is 0.769. The van der Waals surface area contributed by atoms with E-state index in [2.05, 4.69) is 0 Å². The summed E-state index contributed by atoms with van der Waals surface area (Å²) >= 11 is -0.658. The van der Waals surface area contributed by atoms with Gasteiger partial charge < -0.3 is 10.2 Å². The Balaban J connectivity index is 2.60. The highest BCUT2D eigenvalue weighted by Gasteiger charge is 2.15. The number of aliphatic carboxylic acids is 1. The molecule has 0 unspecified atom stereocenters. The first-order valence-corrected chi connectivity index (χ1v) is 6.09. The van der Waals surface area contributed by atoms with Crippen molar-refractivity contribution in [3.63, 3.8) is 0 Å². The molecule has 1 aromatic rings. The van der Waals surface area contributed by atoms with Gasteiger partial charge in [-0.3, -0.25) is 0 Å². The second-order valence-corrected chi connectivity index (χ2v) is 5.62. The van der Waals surface area contributed by atoms with E-state index in [1.54, 1.807) is 6.07 Å². The zero-order valence-corrected chi connectivity index (χ0v) is 9.22. The number of carboxylic acids is 1. The molecule has 0 spiro atoms. The van der Waals surface area contributed by atoms with E-state index in [1.807, 2.05) is 18.2 Å². The molecule has 0 atom stereocenters. The van der Waals surface area contributed by atoms with E-state index in [4.69, 9.17) is 5.11 Å². The summed E-state index contributed by atoms with van der Waals surface area (Å²) in [6, 6.07) is 7.36. The fraction of sp³-hybridized carbons (Fsp3) is 0. The number of hydrogen-bond acceptors (Lipinski definition) is 2. The number of carbonyl (C=O) groups is 1. The minimum atomic E-state index is -0.932. The van der Waals surface area contributed by atoms with Crippen LogP contribution in [0.15, 0.2) is 30.3 Å². The number of carboxylic acid groups (broad SMARTS) is 1. The van der Waals surface area contributed by atoms with Gasteiger partial charge in [-0.15, -0.1) is 0 Å². The van der Waals surface area contributed by atoms with Crippen LogP contribution in [0.1, 0.15) is 5.56 Å². The molecule has 2 N–H and O–H groups in total. The van der Waals surface area contributed by atoms with Gasteiger partial charge in [0.1, 0.15) is 5.76 Å². The highest BCUT2D eigenvalue weighted by molar-refractivity contribution is 14.2. The van der Waals surface area contributed by atoms with Crippen molar-refractivity contribution >= 4 is 36.0 Å². The molecule has 72 valence electrons. The Hall–Kier alpha value is -1.17. The first kappa shape index (κ1) is 9.39. The monoisotopic (exact) mass is 302 g/mol. The molecule has 2 rings (SSSR count). The van der Waals surface area contributed by atoms with Crippen molar-refractivity contribution in [1.82, 2.24) is 0 Å². The lowest BCUT2D eigenvalue weighted by Gasteiger charge is -2.10. The fourth-order valence-electron chi connectivity index (χ4n) is 1.19. The molecular formula is C10H7IO3. The van der Waals surface area contributed by atoms with Gasteiger partial charge in [0.2, 0.25) is 0 Å².